The number of hydrogen-bond donors (Lipinski definition) is 0. The standard InChI is InChI=1S/C21H24N4O3S/c1-12(2)20(26)24-7-9-25(10-8-24)21(27)15-11-16(17-6-5-13(3)29-17)22-19-18(15)14(4)23-28-19/h5-6,11-12H,7-10H2,1-4H3. The van der Waals surface area contributed by atoms with Crippen molar-refractivity contribution in [2.45, 2.75) is 27.7 Å². The van der Waals surface area contributed by atoms with E-state index in [-0.39, 0.29) is 17.7 Å². The van der Waals surface area contributed by atoms with E-state index in [4.69, 9.17) is 4.52 Å². The summed E-state index contributed by atoms with van der Waals surface area (Å²) in [6.45, 7) is 9.78. The third-order valence-corrected chi connectivity index (χ3v) is 6.24. The maximum Gasteiger partial charge on any atom is 0.259 e. The van der Waals surface area contributed by atoms with Crippen LogP contribution in [0.2, 0.25) is 0 Å². The van der Waals surface area contributed by atoms with Crippen molar-refractivity contribution in [3.05, 3.63) is 34.3 Å². The first kappa shape index (κ1) is 19.6. The van der Waals surface area contributed by atoms with Crippen molar-refractivity contribution >= 4 is 34.3 Å². The van der Waals surface area contributed by atoms with Gasteiger partial charge in [0.05, 0.1) is 27.2 Å². The Hall–Kier alpha value is -2.74. The summed E-state index contributed by atoms with van der Waals surface area (Å²) < 4.78 is 5.39. The van der Waals surface area contributed by atoms with Gasteiger partial charge in [0.25, 0.3) is 11.6 Å². The number of carbonyl (C=O) groups excluding carboxylic acids is 2. The van der Waals surface area contributed by atoms with Crippen LogP contribution in [0.25, 0.3) is 21.7 Å². The van der Waals surface area contributed by atoms with E-state index in [1.165, 1.54) is 4.88 Å². The largest absolute Gasteiger partial charge is 0.339 e. The number of amides is 2. The lowest BCUT2D eigenvalue weighted by molar-refractivity contribution is -0.135. The molecule has 3 aromatic rings. The molecule has 29 heavy (non-hydrogen) atoms. The molecule has 1 aliphatic heterocycles. The molecule has 2 amide bonds. The van der Waals surface area contributed by atoms with Gasteiger partial charge in [0, 0.05) is 37.0 Å². The van der Waals surface area contributed by atoms with Gasteiger partial charge >= 0.3 is 0 Å². The fourth-order valence-electron chi connectivity index (χ4n) is 3.63. The molecule has 0 bridgehead atoms. The van der Waals surface area contributed by atoms with Crippen LogP contribution < -0.4 is 0 Å². The summed E-state index contributed by atoms with van der Waals surface area (Å²) in [6, 6.07) is 5.87. The van der Waals surface area contributed by atoms with Gasteiger partial charge in [-0.1, -0.05) is 19.0 Å². The Kier molecular flexibility index (Phi) is 5.12. The Morgan fingerprint density at radius 3 is 2.41 bits per heavy atom. The number of aromatic nitrogens is 2. The molecule has 0 atom stereocenters. The summed E-state index contributed by atoms with van der Waals surface area (Å²) >= 11 is 1.62. The van der Waals surface area contributed by atoms with Crippen molar-refractivity contribution in [1.29, 1.82) is 0 Å². The molecule has 8 heteroatoms. The lowest BCUT2D eigenvalue weighted by Gasteiger charge is -2.35. The van der Waals surface area contributed by atoms with Crippen molar-refractivity contribution in [3.8, 4) is 10.6 Å². The SMILES string of the molecule is Cc1ccc(-c2cc(C(=O)N3CCN(C(=O)C(C)C)CC3)c3c(C)noc3n2)s1. The maximum atomic E-state index is 13.4. The fourth-order valence-corrected chi connectivity index (χ4v) is 4.46. The smallest absolute Gasteiger partial charge is 0.259 e. The zero-order valence-electron chi connectivity index (χ0n) is 17.1. The van der Waals surface area contributed by atoms with Crippen LogP contribution in [0.4, 0.5) is 0 Å². The first-order valence-corrected chi connectivity index (χ1v) is 10.6. The molecule has 4 rings (SSSR count). The molecule has 4 heterocycles. The van der Waals surface area contributed by atoms with Gasteiger partial charge in [0.1, 0.15) is 0 Å². The Labute approximate surface area is 173 Å². The molecule has 1 aliphatic rings. The number of rotatable bonds is 3. The lowest BCUT2D eigenvalue weighted by atomic mass is 10.1. The Bertz CT molecular complexity index is 1080. The predicted molar refractivity (Wildman–Crippen MR) is 112 cm³/mol. The summed E-state index contributed by atoms with van der Waals surface area (Å²) in [5, 5.41) is 4.68. The van der Waals surface area contributed by atoms with Crippen LogP contribution in [0.1, 0.15) is 34.8 Å². The van der Waals surface area contributed by atoms with Gasteiger partial charge < -0.3 is 14.3 Å². The zero-order chi connectivity index (χ0) is 20.7. The third-order valence-electron chi connectivity index (χ3n) is 5.21. The molecule has 152 valence electrons. The quantitative estimate of drug-likeness (QED) is 0.658. The fraction of sp³-hybridized carbons (Fsp3) is 0.429. The molecular formula is C21H24N4O3S. The van der Waals surface area contributed by atoms with Gasteiger partial charge in [-0.25, -0.2) is 4.98 Å². The van der Waals surface area contributed by atoms with Crippen LogP contribution in [0.15, 0.2) is 22.7 Å². The minimum Gasteiger partial charge on any atom is -0.339 e. The second-order valence-electron chi connectivity index (χ2n) is 7.69. The highest BCUT2D eigenvalue weighted by atomic mass is 32.1. The average molecular weight is 413 g/mol. The van der Waals surface area contributed by atoms with Crippen LogP contribution in [-0.2, 0) is 4.79 Å². The maximum absolute atomic E-state index is 13.4. The van der Waals surface area contributed by atoms with Gasteiger partial charge in [-0.3, -0.25) is 9.59 Å². The number of carbonyl (C=O) groups is 2. The molecule has 7 nitrogen and oxygen atoms in total. The molecule has 0 aromatic carbocycles. The highest BCUT2D eigenvalue weighted by Gasteiger charge is 2.28. The van der Waals surface area contributed by atoms with E-state index in [9.17, 15) is 9.59 Å². The van der Waals surface area contributed by atoms with E-state index < -0.39 is 0 Å². The summed E-state index contributed by atoms with van der Waals surface area (Å²) in [7, 11) is 0. The predicted octanol–water partition coefficient (Wildman–Crippen LogP) is 3.51. The van der Waals surface area contributed by atoms with Crippen LogP contribution in [0, 0.1) is 19.8 Å². The highest BCUT2D eigenvalue weighted by Crippen LogP contribution is 2.31. The Balaban J connectivity index is 1.65. The van der Waals surface area contributed by atoms with E-state index in [0.717, 1.165) is 4.88 Å². The number of fused-ring (bicyclic) bond motifs is 1. The first-order valence-electron chi connectivity index (χ1n) is 9.77. The highest BCUT2D eigenvalue weighted by molar-refractivity contribution is 7.15. The number of thiophene rings is 1. The third kappa shape index (κ3) is 3.64. The minimum absolute atomic E-state index is 0.0338. The molecule has 3 aromatic heterocycles. The second-order valence-corrected chi connectivity index (χ2v) is 8.97. The number of piperazine rings is 1. The van der Waals surface area contributed by atoms with E-state index in [2.05, 4.69) is 10.1 Å². The summed E-state index contributed by atoms with van der Waals surface area (Å²) in [6.07, 6.45) is 0. The van der Waals surface area contributed by atoms with Crippen molar-refractivity contribution in [2.75, 3.05) is 26.2 Å². The first-order chi connectivity index (χ1) is 13.8. The molecule has 0 radical (unpaired) electrons. The average Bonchev–Trinajstić information content (AvgIpc) is 3.32. The Morgan fingerprint density at radius 2 is 1.79 bits per heavy atom. The zero-order valence-corrected chi connectivity index (χ0v) is 17.9. The van der Waals surface area contributed by atoms with E-state index in [0.29, 0.717) is 54.2 Å². The molecule has 0 spiro atoms. The number of pyridine rings is 1. The van der Waals surface area contributed by atoms with E-state index >= 15 is 0 Å². The van der Waals surface area contributed by atoms with Gasteiger partial charge in [-0.15, -0.1) is 11.3 Å². The van der Waals surface area contributed by atoms with Crippen LogP contribution >= 0.6 is 11.3 Å². The molecule has 1 saturated heterocycles. The van der Waals surface area contributed by atoms with Crippen molar-refractivity contribution < 1.29 is 14.1 Å². The normalized spacial score (nSPS) is 14.8. The van der Waals surface area contributed by atoms with Crippen LogP contribution in [0.3, 0.4) is 0 Å². The molecule has 1 fully saturated rings. The number of nitrogens with zero attached hydrogens (tertiary/aromatic N) is 4. The molecule has 0 aliphatic carbocycles. The van der Waals surface area contributed by atoms with Gasteiger partial charge in [-0.2, -0.15) is 0 Å². The lowest BCUT2D eigenvalue weighted by Crippen LogP contribution is -2.51. The molecular weight excluding hydrogens is 388 g/mol. The van der Waals surface area contributed by atoms with Crippen molar-refractivity contribution in [3.63, 3.8) is 0 Å². The van der Waals surface area contributed by atoms with Crippen molar-refractivity contribution in [2.24, 2.45) is 5.92 Å². The van der Waals surface area contributed by atoms with Crippen molar-refractivity contribution in [1.82, 2.24) is 19.9 Å². The van der Waals surface area contributed by atoms with Gasteiger partial charge in [-0.05, 0) is 32.0 Å². The Morgan fingerprint density at radius 1 is 1.10 bits per heavy atom. The van der Waals surface area contributed by atoms with Crippen LogP contribution in [0.5, 0.6) is 0 Å². The van der Waals surface area contributed by atoms with Gasteiger partial charge in [0.15, 0.2) is 0 Å². The second kappa shape index (κ2) is 7.59. The topological polar surface area (TPSA) is 79.5 Å². The minimum atomic E-state index is -0.0742. The summed E-state index contributed by atoms with van der Waals surface area (Å²) in [4.78, 5) is 36.0. The monoisotopic (exact) mass is 412 g/mol. The van der Waals surface area contributed by atoms with E-state index in [1.54, 1.807) is 16.2 Å². The molecule has 0 saturated carbocycles. The number of hydrogen-bond acceptors (Lipinski definition) is 6. The molecule has 0 N–H and O–H groups in total. The summed E-state index contributed by atoms with van der Waals surface area (Å²) in [5.41, 5.74) is 2.29. The van der Waals surface area contributed by atoms with E-state index in [1.807, 2.05) is 50.8 Å². The number of aryl methyl sites for hydroxylation is 2. The van der Waals surface area contributed by atoms with Crippen LogP contribution in [-0.4, -0.2) is 57.9 Å². The summed E-state index contributed by atoms with van der Waals surface area (Å²) in [5.74, 6) is 0.0250. The van der Waals surface area contributed by atoms with Gasteiger partial charge in [0.2, 0.25) is 5.91 Å². The molecule has 0 unspecified atom stereocenters.